The smallest absolute Gasteiger partial charge is 0.0303 e. The van der Waals surface area contributed by atoms with E-state index in [-0.39, 0.29) is 0 Å². The van der Waals surface area contributed by atoms with Gasteiger partial charge in [-0.05, 0) is 37.9 Å². The van der Waals surface area contributed by atoms with Gasteiger partial charge in [0.15, 0.2) is 0 Å². The van der Waals surface area contributed by atoms with Gasteiger partial charge in [-0.3, -0.25) is 0 Å². The summed E-state index contributed by atoms with van der Waals surface area (Å²) in [6, 6.07) is 9.47. The zero-order valence-corrected chi connectivity index (χ0v) is 11.3. The molecule has 0 aromatic heterocycles. The zero-order valence-electron chi connectivity index (χ0n) is 9.67. The van der Waals surface area contributed by atoms with Crippen LogP contribution in [0.4, 0.5) is 0 Å². The molecule has 1 fully saturated rings. The molecule has 2 nitrogen and oxygen atoms in total. The Kier molecular flexibility index (Phi) is 4.38. The van der Waals surface area contributed by atoms with E-state index < -0.39 is 0 Å². The molecule has 0 saturated carbocycles. The highest BCUT2D eigenvalue weighted by molar-refractivity contribution is 9.10. The second-order valence-corrected chi connectivity index (χ2v) is 5.30. The van der Waals surface area contributed by atoms with E-state index in [2.05, 4.69) is 57.8 Å². The first-order valence-electron chi connectivity index (χ1n) is 5.98. The van der Waals surface area contributed by atoms with Crippen LogP contribution in [0.2, 0.25) is 0 Å². The molecule has 1 unspecified atom stereocenters. The molecule has 16 heavy (non-hydrogen) atoms. The minimum atomic E-state index is 0.401. The molecule has 2 rings (SSSR count). The topological polar surface area (TPSA) is 24.1 Å². The van der Waals surface area contributed by atoms with Gasteiger partial charge in [0.05, 0.1) is 0 Å². The first-order chi connectivity index (χ1) is 7.77. The van der Waals surface area contributed by atoms with Crippen LogP contribution in [0.3, 0.4) is 0 Å². The van der Waals surface area contributed by atoms with Gasteiger partial charge >= 0.3 is 0 Å². The average Bonchev–Trinajstić information content (AvgIpc) is 2.79. The predicted molar refractivity (Wildman–Crippen MR) is 71.6 cm³/mol. The predicted octanol–water partition coefficient (Wildman–Crippen LogP) is 2.85. The molecule has 2 atom stereocenters. The number of halogens is 1. The number of nitrogens with one attached hydrogen (secondary N) is 2. The van der Waals surface area contributed by atoms with Gasteiger partial charge in [-0.25, -0.2) is 0 Å². The van der Waals surface area contributed by atoms with Crippen LogP contribution < -0.4 is 10.6 Å². The van der Waals surface area contributed by atoms with Crippen molar-refractivity contribution in [3.05, 3.63) is 34.3 Å². The average molecular weight is 283 g/mol. The number of rotatable bonds is 4. The molecule has 0 amide bonds. The van der Waals surface area contributed by atoms with Crippen molar-refractivity contribution in [1.29, 1.82) is 0 Å². The summed E-state index contributed by atoms with van der Waals surface area (Å²) in [6.45, 7) is 4.45. The van der Waals surface area contributed by atoms with Gasteiger partial charge in [-0.15, -0.1) is 0 Å². The van der Waals surface area contributed by atoms with Crippen LogP contribution in [0.25, 0.3) is 0 Å². The maximum Gasteiger partial charge on any atom is 0.0303 e. The minimum absolute atomic E-state index is 0.401. The summed E-state index contributed by atoms with van der Waals surface area (Å²) in [6.07, 6.45) is 2.62. The highest BCUT2D eigenvalue weighted by Crippen LogP contribution is 2.22. The van der Waals surface area contributed by atoms with E-state index in [9.17, 15) is 0 Å². The van der Waals surface area contributed by atoms with Crippen molar-refractivity contribution in [2.24, 2.45) is 0 Å². The minimum Gasteiger partial charge on any atom is -0.313 e. The lowest BCUT2D eigenvalue weighted by Crippen LogP contribution is -2.35. The van der Waals surface area contributed by atoms with Crippen molar-refractivity contribution in [3.63, 3.8) is 0 Å². The Labute approximate surface area is 106 Å². The Bertz CT molecular complexity index is 334. The molecule has 1 saturated heterocycles. The van der Waals surface area contributed by atoms with E-state index in [0.717, 1.165) is 6.54 Å². The van der Waals surface area contributed by atoms with Gasteiger partial charge in [0.2, 0.25) is 0 Å². The van der Waals surface area contributed by atoms with Crippen molar-refractivity contribution < 1.29 is 0 Å². The van der Waals surface area contributed by atoms with E-state index in [1.54, 1.807) is 0 Å². The summed E-state index contributed by atoms with van der Waals surface area (Å²) in [7, 11) is 0. The van der Waals surface area contributed by atoms with Crippen molar-refractivity contribution >= 4 is 15.9 Å². The monoisotopic (exact) mass is 282 g/mol. The fourth-order valence-electron chi connectivity index (χ4n) is 2.19. The van der Waals surface area contributed by atoms with E-state index in [0.29, 0.717) is 12.1 Å². The standard InChI is InChI=1S/C13H19BrN2/c1-10(12-6-2-3-7-13(12)14)16-9-11-5-4-8-15-11/h2-3,6-7,10-11,15-16H,4-5,8-9H2,1H3/t10-,11?/m1/s1. The molecule has 1 aromatic carbocycles. The van der Waals surface area contributed by atoms with E-state index in [1.165, 1.54) is 29.4 Å². The lowest BCUT2D eigenvalue weighted by molar-refractivity contribution is 0.489. The summed E-state index contributed by atoms with van der Waals surface area (Å²) < 4.78 is 1.19. The van der Waals surface area contributed by atoms with Gasteiger partial charge in [-0.1, -0.05) is 34.1 Å². The second-order valence-electron chi connectivity index (χ2n) is 4.44. The first kappa shape index (κ1) is 12.1. The van der Waals surface area contributed by atoms with Crippen LogP contribution in [0.15, 0.2) is 28.7 Å². The molecule has 2 N–H and O–H groups in total. The molecule has 1 aliphatic rings. The zero-order chi connectivity index (χ0) is 11.4. The summed E-state index contributed by atoms with van der Waals surface area (Å²) in [4.78, 5) is 0. The molecular formula is C13H19BrN2. The quantitative estimate of drug-likeness (QED) is 0.888. The fraction of sp³-hybridized carbons (Fsp3) is 0.538. The van der Waals surface area contributed by atoms with Gasteiger partial charge < -0.3 is 10.6 Å². The lowest BCUT2D eigenvalue weighted by Gasteiger charge is -2.18. The number of hydrogen-bond donors (Lipinski definition) is 2. The van der Waals surface area contributed by atoms with Gasteiger partial charge in [0, 0.05) is 23.1 Å². The number of hydrogen-bond acceptors (Lipinski definition) is 2. The summed E-state index contributed by atoms with van der Waals surface area (Å²) in [5, 5.41) is 7.09. The maximum absolute atomic E-state index is 3.59. The van der Waals surface area contributed by atoms with Crippen LogP contribution in [-0.4, -0.2) is 19.1 Å². The Hall–Kier alpha value is -0.380. The molecule has 0 spiro atoms. The highest BCUT2D eigenvalue weighted by Gasteiger charge is 2.15. The Balaban J connectivity index is 1.87. The molecule has 0 aliphatic carbocycles. The Morgan fingerprint density at radius 1 is 1.50 bits per heavy atom. The molecule has 1 heterocycles. The Morgan fingerprint density at radius 3 is 3.00 bits per heavy atom. The molecule has 3 heteroatoms. The molecule has 1 aliphatic heterocycles. The summed E-state index contributed by atoms with van der Waals surface area (Å²) >= 11 is 3.59. The normalized spacial score (nSPS) is 22.2. The van der Waals surface area contributed by atoms with Crippen LogP contribution in [0.1, 0.15) is 31.4 Å². The van der Waals surface area contributed by atoms with E-state index in [4.69, 9.17) is 0 Å². The lowest BCUT2D eigenvalue weighted by atomic mass is 10.1. The van der Waals surface area contributed by atoms with Crippen molar-refractivity contribution in [3.8, 4) is 0 Å². The van der Waals surface area contributed by atoms with Crippen molar-refractivity contribution in [2.45, 2.75) is 31.8 Å². The first-order valence-corrected chi connectivity index (χ1v) is 6.78. The molecular weight excluding hydrogens is 264 g/mol. The third-order valence-electron chi connectivity index (χ3n) is 3.20. The molecule has 1 aromatic rings. The maximum atomic E-state index is 3.59. The number of benzene rings is 1. The van der Waals surface area contributed by atoms with Crippen LogP contribution in [0, 0.1) is 0 Å². The SMILES string of the molecule is C[C@@H](NCC1CCCN1)c1ccccc1Br. The highest BCUT2D eigenvalue weighted by atomic mass is 79.9. The largest absolute Gasteiger partial charge is 0.313 e. The van der Waals surface area contributed by atoms with Crippen LogP contribution >= 0.6 is 15.9 Å². The second kappa shape index (κ2) is 5.80. The summed E-state index contributed by atoms with van der Waals surface area (Å²) in [5.74, 6) is 0. The molecule has 88 valence electrons. The summed E-state index contributed by atoms with van der Waals surface area (Å²) in [5.41, 5.74) is 1.33. The van der Waals surface area contributed by atoms with Gasteiger partial charge in [0.1, 0.15) is 0 Å². The third-order valence-corrected chi connectivity index (χ3v) is 3.93. The van der Waals surface area contributed by atoms with E-state index >= 15 is 0 Å². The van der Waals surface area contributed by atoms with Crippen molar-refractivity contribution in [1.82, 2.24) is 10.6 Å². The fourth-order valence-corrected chi connectivity index (χ4v) is 2.81. The van der Waals surface area contributed by atoms with Gasteiger partial charge in [0.25, 0.3) is 0 Å². The third kappa shape index (κ3) is 3.06. The van der Waals surface area contributed by atoms with Gasteiger partial charge in [-0.2, -0.15) is 0 Å². The van der Waals surface area contributed by atoms with Crippen molar-refractivity contribution in [2.75, 3.05) is 13.1 Å². The van der Waals surface area contributed by atoms with Crippen LogP contribution in [-0.2, 0) is 0 Å². The molecule has 0 radical (unpaired) electrons. The molecule has 0 bridgehead atoms. The van der Waals surface area contributed by atoms with E-state index in [1.807, 2.05) is 0 Å². The van der Waals surface area contributed by atoms with Crippen LogP contribution in [0.5, 0.6) is 0 Å². The Morgan fingerprint density at radius 2 is 2.31 bits per heavy atom.